The lowest BCUT2D eigenvalue weighted by molar-refractivity contribution is 0.216. The summed E-state index contributed by atoms with van der Waals surface area (Å²) in [5.41, 5.74) is 0.227. The van der Waals surface area contributed by atoms with Gasteiger partial charge in [0.05, 0.1) is 19.3 Å². The van der Waals surface area contributed by atoms with Gasteiger partial charge in [0.1, 0.15) is 5.65 Å². The lowest BCUT2D eigenvalue weighted by Crippen LogP contribution is -2.14. The van der Waals surface area contributed by atoms with E-state index < -0.39 is 6.72 Å². The molecular formula is C12H15N2O4PS. The molecule has 0 spiro atoms. The summed E-state index contributed by atoms with van der Waals surface area (Å²) in [5, 5.41) is 0. The SMILES string of the molecule is CCOP(=S)(OCC)Oc1cc(=O)n2ccccc2n1. The molecule has 0 aliphatic rings. The molecule has 2 rings (SSSR count). The van der Waals surface area contributed by atoms with Gasteiger partial charge in [-0.25, -0.2) is 0 Å². The lowest BCUT2D eigenvalue weighted by Gasteiger charge is -2.20. The molecule has 0 saturated heterocycles. The van der Waals surface area contributed by atoms with Gasteiger partial charge in [-0.3, -0.25) is 18.2 Å². The van der Waals surface area contributed by atoms with Gasteiger partial charge in [0, 0.05) is 18.0 Å². The van der Waals surface area contributed by atoms with Crippen LogP contribution in [0, 0.1) is 0 Å². The molecule has 0 N–H and O–H groups in total. The Morgan fingerprint density at radius 3 is 2.65 bits per heavy atom. The first-order valence-electron chi connectivity index (χ1n) is 6.15. The highest BCUT2D eigenvalue weighted by Crippen LogP contribution is 2.49. The molecule has 0 aliphatic heterocycles. The Balaban J connectivity index is 2.38. The minimum absolute atomic E-state index is 0.117. The predicted octanol–water partition coefficient (Wildman–Crippen LogP) is 2.37. The average molecular weight is 314 g/mol. The van der Waals surface area contributed by atoms with Crippen molar-refractivity contribution < 1.29 is 13.6 Å². The third-order valence-corrected chi connectivity index (χ3v) is 4.74. The third kappa shape index (κ3) is 3.43. The van der Waals surface area contributed by atoms with Gasteiger partial charge < -0.3 is 4.52 Å². The van der Waals surface area contributed by atoms with E-state index in [-0.39, 0.29) is 11.4 Å². The fraction of sp³-hybridized carbons (Fsp3) is 0.333. The Kier molecular flexibility index (Phi) is 4.88. The fourth-order valence-corrected chi connectivity index (χ4v) is 3.60. The van der Waals surface area contributed by atoms with E-state index >= 15 is 0 Å². The Morgan fingerprint density at radius 2 is 2.00 bits per heavy atom. The number of nitrogens with zero attached hydrogens (tertiary/aromatic N) is 2. The average Bonchev–Trinajstić information content (AvgIpc) is 2.39. The molecule has 2 aromatic rings. The number of hydrogen-bond donors (Lipinski definition) is 0. The molecule has 0 unspecified atom stereocenters. The summed E-state index contributed by atoms with van der Waals surface area (Å²) in [6.07, 6.45) is 1.63. The maximum atomic E-state index is 11.9. The van der Waals surface area contributed by atoms with Gasteiger partial charge in [0.25, 0.3) is 5.56 Å². The van der Waals surface area contributed by atoms with E-state index in [1.807, 2.05) is 0 Å². The standard InChI is InChI=1S/C12H15N2O4PS/c1-3-16-19(20,17-4-2)18-11-9-12(15)14-8-6-5-7-10(14)13-11/h5-9H,3-4H2,1-2H3. The van der Waals surface area contributed by atoms with Crippen LogP contribution in [0.1, 0.15) is 13.8 Å². The van der Waals surface area contributed by atoms with Gasteiger partial charge >= 0.3 is 6.72 Å². The van der Waals surface area contributed by atoms with Crippen LogP contribution in [-0.4, -0.2) is 22.6 Å². The van der Waals surface area contributed by atoms with E-state index in [2.05, 4.69) is 4.98 Å². The summed E-state index contributed by atoms with van der Waals surface area (Å²) in [7, 11) is 0. The smallest absolute Gasteiger partial charge is 0.381 e. The minimum Gasteiger partial charge on any atom is -0.405 e. The Morgan fingerprint density at radius 1 is 1.30 bits per heavy atom. The van der Waals surface area contributed by atoms with E-state index in [4.69, 9.17) is 25.4 Å². The van der Waals surface area contributed by atoms with E-state index in [9.17, 15) is 4.79 Å². The summed E-state index contributed by atoms with van der Waals surface area (Å²) < 4.78 is 17.7. The van der Waals surface area contributed by atoms with E-state index in [0.717, 1.165) is 0 Å². The molecule has 0 fully saturated rings. The van der Waals surface area contributed by atoms with Crippen LogP contribution in [0.5, 0.6) is 5.88 Å². The Labute approximate surface area is 121 Å². The van der Waals surface area contributed by atoms with Crippen LogP contribution in [-0.2, 0) is 20.9 Å². The van der Waals surface area contributed by atoms with Gasteiger partial charge in [-0.1, -0.05) is 6.07 Å². The van der Waals surface area contributed by atoms with Crippen LogP contribution in [0.15, 0.2) is 35.3 Å². The Hall–Kier alpha value is -1.27. The molecule has 6 nitrogen and oxygen atoms in total. The zero-order valence-electron chi connectivity index (χ0n) is 11.2. The van der Waals surface area contributed by atoms with Crippen molar-refractivity contribution in [2.75, 3.05) is 13.2 Å². The highest BCUT2D eigenvalue weighted by Gasteiger charge is 2.22. The van der Waals surface area contributed by atoms with Crippen LogP contribution < -0.4 is 10.1 Å². The summed E-state index contributed by atoms with van der Waals surface area (Å²) in [6, 6.07) is 6.51. The summed E-state index contributed by atoms with van der Waals surface area (Å²) in [4.78, 5) is 16.2. The van der Waals surface area contributed by atoms with Crippen molar-refractivity contribution in [2.45, 2.75) is 13.8 Å². The van der Waals surface area contributed by atoms with Gasteiger partial charge in [0.15, 0.2) is 0 Å². The van der Waals surface area contributed by atoms with Crippen molar-refractivity contribution in [1.29, 1.82) is 0 Å². The second-order valence-corrected chi connectivity index (χ2v) is 6.67. The first-order chi connectivity index (χ1) is 9.58. The first-order valence-corrected chi connectivity index (χ1v) is 8.70. The topological polar surface area (TPSA) is 62.1 Å². The van der Waals surface area contributed by atoms with E-state index in [0.29, 0.717) is 18.9 Å². The third-order valence-electron chi connectivity index (χ3n) is 2.33. The second-order valence-electron chi connectivity index (χ2n) is 3.74. The van der Waals surface area contributed by atoms with Crippen LogP contribution in [0.25, 0.3) is 5.65 Å². The van der Waals surface area contributed by atoms with Crippen molar-refractivity contribution in [3.8, 4) is 5.88 Å². The van der Waals surface area contributed by atoms with Crippen LogP contribution in [0.2, 0.25) is 0 Å². The van der Waals surface area contributed by atoms with Crippen LogP contribution in [0.3, 0.4) is 0 Å². The summed E-state index contributed by atoms with van der Waals surface area (Å²) in [5.74, 6) is 0.117. The van der Waals surface area contributed by atoms with Crippen LogP contribution >= 0.6 is 6.72 Å². The van der Waals surface area contributed by atoms with E-state index in [1.54, 1.807) is 38.2 Å². The zero-order chi connectivity index (χ0) is 14.6. The van der Waals surface area contributed by atoms with Crippen LogP contribution in [0.4, 0.5) is 0 Å². The molecular weight excluding hydrogens is 299 g/mol. The highest BCUT2D eigenvalue weighted by molar-refractivity contribution is 8.07. The van der Waals surface area contributed by atoms with Crippen molar-refractivity contribution in [3.63, 3.8) is 0 Å². The molecule has 0 amide bonds. The molecule has 0 bridgehead atoms. The van der Waals surface area contributed by atoms with Crippen molar-refractivity contribution >= 4 is 24.2 Å². The monoisotopic (exact) mass is 314 g/mol. The quantitative estimate of drug-likeness (QED) is 0.763. The summed E-state index contributed by atoms with van der Waals surface area (Å²) in [6.45, 7) is 1.41. The van der Waals surface area contributed by atoms with Gasteiger partial charge in [-0.05, 0) is 26.0 Å². The van der Waals surface area contributed by atoms with E-state index in [1.165, 1.54) is 10.5 Å². The highest BCUT2D eigenvalue weighted by atomic mass is 32.5. The molecule has 0 saturated carbocycles. The minimum atomic E-state index is -2.92. The molecule has 108 valence electrons. The lowest BCUT2D eigenvalue weighted by atomic mass is 10.4. The second kappa shape index (κ2) is 6.45. The maximum Gasteiger partial charge on any atom is 0.381 e. The number of fused-ring (bicyclic) bond motifs is 1. The normalized spacial score (nSPS) is 11.7. The first kappa shape index (κ1) is 15.1. The Bertz CT molecular complexity index is 693. The van der Waals surface area contributed by atoms with Gasteiger partial charge in [-0.2, -0.15) is 4.98 Å². The molecule has 0 aliphatic carbocycles. The number of aromatic nitrogens is 2. The molecule has 8 heteroatoms. The largest absolute Gasteiger partial charge is 0.405 e. The van der Waals surface area contributed by atoms with Gasteiger partial charge in [0.2, 0.25) is 5.88 Å². The number of rotatable bonds is 6. The molecule has 2 heterocycles. The molecule has 2 aromatic heterocycles. The molecule has 0 radical (unpaired) electrons. The number of pyridine rings is 1. The van der Waals surface area contributed by atoms with Crippen molar-refractivity contribution in [1.82, 2.24) is 9.38 Å². The maximum absolute atomic E-state index is 11.9. The van der Waals surface area contributed by atoms with Gasteiger partial charge in [-0.15, -0.1) is 0 Å². The van der Waals surface area contributed by atoms with Crippen molar-refractivity contribution in [3.05, 3.63) is 40.8 Å². The van der Waals surface area contributed by atoms with Crippen molar-refractivity contribution in [2.24, 2.45) is 0 Å². The zero-order valence-corrected chi connectivity index (χ0v) is 12.9. The molecule has 0 atom stereocenters. The molecule has 0 aromatic carbocycles. The number of hydrogen-bond acceptors (Lipinski definition) is 6. The summed E-state index contributed by atoms with van der Waals surface area (Å²) >= 11 is 5.24. The molecule has 20 heavy (non-hydrogen) atoms. The predicted molar refractivity (Wildman–Crippen MR) is 79.6 cm³/mol. The fourth-order valence-electron chi connectivity index (χ4n) is 1.60.